The molecule has 0 aliphatic carbocycles. The molecule has 0 saturated carbocycles. The molecule has 0 aliphatic rings. The lowest BCUT2D eigenvalue weighted by Crippen LogP contribution is -1.96. The molecular formula is C12H15Cl2NO. The smallest absolute Gasteiger partial charge is 0.138 e. The van der Waals surface area contributed by atoms with Crippen LogP contribution < -0.4 is 10.5 Å². The van der Waals surface area contributed by atoms with E-state index in [1.54, 1.807) is 19.2 Å². The summed E-state index contributed by atoms with van der Waals surface area (Å²) >= 11 is 12.1. The van der Waals surface area contributed by atoms with Gasteiger partial charge in [0.25, 0.3) is 0 Å². The Labute approximate surface area is 106 Å². The predicted octanol–water partition coefficient (Wildman–Crippen LogP) is 3.75. The predicted molar refractivity (Wildman–Crippen MR) is 70.3 cm³/mol. The molecule has 1 rings (SSSR count). The van der Waals surface area contributed by atoms with E-state index in [9.17, 15) is 0 Å². The number of nitrogens with two attached hydrogens (primary N) is 1. The van der Waals surface area contributed by atoms with Crippen LogP contribution >= 0.6 is 23.2 Å². The van der Waals surface area contributed by atoms with Crippen LogP contribution in [0.25, 0.3) is 6.08 Å². The fraction of sp³-hybridized carbons (Fsp3) is 0.333. The minimum Gasteiger partial charge on any atom is -0.495 e. The van der Waals surface area contributed by atoms with Crippen molar-refractivity contribution in [2.75, 3.05) is 13.7 Å². The van der Waals surface area contributed by atoms with Crippen molar-refractivity contribution >= 4 is 29.3 Å². The average Bonchev–Trinajstić information content (AvgIpc) is 2.28. The summed E-state index contributed by atoms with van der Waals surface area (Å²) < 4.78 is 5.07. The van der Waals surface area contributed by atoms with Crippen molar-refractivity contribution in [3.05, 3.63) is 33.8 Å². The van der Waals surface area contributed by atoms with Gasteiger partial charge < -0.3 is 10.5 Å². The van der Waals surface area contributed by atoms with Gasteiger partial charge in [-0.05, 0) is 31.0 Å². The number of rotatable bonds is 5. The zero-order chi connectivity index (χ0) is 12.0. The molecule has 0 fully saturated rings. The molecule has 0 aromatic heterocycles. The molecule has 1 aromatic carbocycles. The van der Waals surface area contributed by atoms with Crippen molar-refractivity contribution in [2.24, 2.45) is 5.73 Å². The molecule has 0 radical (unpaired) electrons. The Morgan fingerprint density at radius 1 is 1.31 bits per heavy atom. The second kappa shape index (κ2) is 6.79. The number of allylic oxidation sites excluding steroid dienone is 1. The van der Waals surface area contributed by atoms with Gasteiger partial charge >= 0.3 is 0 Å². The van der Waals surface area contributed by atoms with Gasteiger partial charge in [0, 0.05) is 6.07 Å². The quantitative estimate of drug-likeness (QED) is 0.818. The number of methoxy groups -OCH3 is 1. The fourth-order valence-corrected chi connectivity index (χ4v) is 1.74. The first-order valence-corrected chi connectivity index (χ1v) is 5.84. The number of halogens is 2. The summed E-state index contributed by atoms with van der Waals surface area (Å²) in [5, 5.41) is 1.19. The molecule has 1 aromatic rings. The van der Waals surface area contributed by atoms with Crippen LogP contribution in [0.1, 0.15) is 18.4 Å². The molecule has 0 aliphatic heterocycles. The molecule has 0 atom stereocenters. The van der Waals surface area contributed by atoms with Gasteiger partial charge in [-0.1, -0.05) is 35.4 Å². The van der Waals surface area contributed by atoms with E-state index in [1.807, 2.05) is 12.2 Å². The lowest BCUT2D eigenvalue weighted by molar-refractivity contribution is 0.415. The maximum absolute atomic E-state index is 6.08. The van der Waals surface area contributed by atoms with Crippen molar-refractivity contribution < 1.29 is 4.74 Å². The summed E-state index contributed by atoms with van der Waals surface area (Å²) in [5.74, 6) is 0.589. The standard InChI is InChI=1S/C12H15Cl2NO/c1-16-12-8-10(13)9(7-11(12)14)5-3-2-4-6-15/h3,5,7-8H,2,4,6,15H2,1H3/b5-3+. The monoisotopic (exact) mass is 259 g/mol. The molecule has 88 valence electrons. The number of unbranched alkanes of at least 4 members (excludes halogenated alkanes) is 1. The van der Waals surface area contributed by atoms with Crippen molar-refractivity contribution in [2.45, 2.75) is 12.8 Å². The molecule has 2 nitrogen and oxygen atoms in total. The zero-order valence-corrected chi connectivity index (χ0v) is 10.7. The van der Waals surface area contributed by atoms with Crippen LogP contribution in [0.15, 0.2) is 18.2 Å². The Balaban J connectivity index is 2.81. The summed E-state index contributed by atoms with van der Waals surface area (Å²) in [6, 6.07) is 3.51. The van der Waals surface area contributed by atoms with E-state index in [4.69, 9.17) is 33.7 Å². The van der Waals surface area contributed by atoms with Crippen LogP contribution in [-0.2, 0) is 0 Å². The second-order valence-electron chi connectivity index (χ2n) is 3.34. The molecule has 0 saturated heterocycles. The molecule has 16 heavy (non-hydrogen) atoms. The van der Waals surface area contributed by atoms with Crippen molar-refractivity contribution in [3.63, 3.8) is 0 Å². The summed E-state index contributed by atoms with van der Waals surface area (Å²) in [7, 11) is 1.56. The van der Waals surface area contributed by atoms with E-state index in [1.165, 1.54) is 0 Å². The summed E-state index contributed by atoms with van der Waals surface area (Å²) in [6.45, 7) is 0.696. The van der Waals surface area contributed by atoms with Crippen LogP contribution in [-0.4, -0.2) is 13.7 Å². The number of hydrogen-bond donors (Lipinski definition) is 1. The summed E-state index contributed by atoms with van der Waals surface area (Å²) in [6.07, 6.45) is 5.90. The van der Waals surface area contributed by atoms with E-state index in [-0.39, 0.29) is 0 Å². The van der Waals surface area contributed by atoms with Gasteiger partial charge in [-0.3, -0.25) is 0 Å². The van der Waals surface area contributed by atoms with Crippen LogP contribution in [0.5, 0.6) is 5.75 Å². The van der Waals surface area contributed by atoms with Gasteiger partial charge in [0.2, 0.25) is 0 Å². The molecule has 0 spiro atoms. The lowest BCUT2D eigenvalue weighted by atomic mass is 10.1. The Hall–Kier alpha value is -0.700. The minimum atomic E-state index is 0.561. The van der Waals surface area contributed by atoms with E-state index >= 15 is 0 Å². The SMILES string of the molecule is COc1cc(Cl)c(/C=C/CCCN)cc1Cl. The molecule has 0 heterocycles. The fourth-order valence-electron chi connectivity index (χ4n) is 1.27. The van der Waals surface area contributed by atoms with Crippen LogP contribution in [0, 0.1) is 0 Å². The Morgan fingerprint density at radius 2 is 2.06 bits per heavy atom. The maximum Gasteiger partial charge on any atom is 0.138 e. The molecule has 0 amide bonds. The van der Waals surface area contributed by atoms with Gasteiger partial charge in [0.05, 0.1) is 17.2 Å². The van der Waals surface area contributed by atoms with Gasteiger partial charge in [-0.2, -0.15) is 0 Å². The lowest BCUT2D eigenvalue weighted by Gasteiger charge is -2.05. The van der Waals surface area contributed by atoms with Gasteiger partial charge in [-0.15, -0.1) is 0 Å². The number of hydrogen-bond acceptors (Lipinski definition) is 2. The topological polar surface area (TPSA) is 35.2 Å². The minimum absolute atomic E-state index is 0.561. The third-order valence-corrected chi connectivity index (χ3v) is 2.77. The average molecular weight is 260 g/mol. The van der Waals surface area contributed by atoms with Crippen molar-refractivity contribution in [1.82, 2.24) is 0 Å². The van der Waals surface area contributed by atoms with Gasteiger partial charge in [0.1, 0.15) is 5.75 Å². The van der Waals surface area contributed by atoms with Crippen molar-refractivity contribution in [1.29, 1.82) is 0 Å². The van der Waals surface area contributed by atoms with Crippen LogP contribution in [0.2, 0.25) is 10.0 Å². The van der Waals surface area contributed by atoms with Crippen molar-refractivity contribution in [3.8, 4) is 5.75 Å². The Bertz CT molecular complexity index is 378. The highest BCUT2D eigenvalue weighted by Crippen LogP contribution is 2.31. The van der Waals surface area contributed by atoms with E-state index in [2.05, 4.69) is 0 Å². The van der Waals surface area contributed by atoms with Gasteiger partial charge in [-0.25, -0.2) is 0 Å². The second-order valence-corrected chi connectivity index (χ2v) is 4.16. The molecule has 0 unspecified atom stereocenters. The molecular weight excluding hydrogens is 245 g/mol. The Kier molecular flexibility index (Phi) is 5.67. The maximum atomic E-state index is 6.08. The molecule has 2 N–H and O–H groups in total. The highest BCUT2D eigenvalue weighted by Gasteiger charge is 2.05. The normalized spacial score (nSPS) is 11.0. The van der Waals surface area contributed by atoms with Crippen LogP contribution in [0.4, 0.5) is 0 Å². The van der Waals surface area contributed by atoms with Crippen LogP contribution in [0.3, 0.4) is 0 Å². The molecule has 0 bridgehead atoms. The zero-order valence-electron chi connectivity index (χ0n) is 9.17. The third-order valence-electron chi connectivity index (χ3n) is 2.14. The highest BCUT2D eigenvalue weighted by atomic mass is 35.5. The summed E-state index contributed by atoms with van der Waals surface area (Å²) in [4.78, 5) is 0. The number of ether oxygens (including phenoxy) is 1. The van der Waals surface area contributed by atoms with E-state index < -0.39 is 0 Å². The largest absolute Gasteiger partial charge is 0.495 e. The first kappa shape index (κ1) is 13.4. The number of benzene rings is 1. The van der Waals surface area contributed by atoms with Gasteiger partial charge in [0.15, 0.2) is 0 Å². The highest BCUT2D eigenvalue weighted by molar-refractivity contribution is 6.35. The third kappa shape index (κ3) is 3.71. The first-order valence-electron chi connectivity index (χ1n) is 5.08. The molecule has 4 heteroatoms. The van der Waals surface area contributed by atoms with E-state index in [0.717, 1.165) is 18.4 Å². The Morgan fingerprint density at radius 3 is 2.69 bits per heavy atom. The summed E-state index contributed by atoms with van der Waals surface area (Å²) in [5.41, 5.74) is 6.30. The first-order chi connectivity index (χ1) is 7.69. The van der Waals surface area contributed by atoms with E-state index in [0.29, 0.717) is 22.3 Å².